The molecule has 0 spiro atoms. The molecule has 0 unspecified atom stereocenters. The van der Waals surface area contributed by atoms with E-state index in [-0.39, 0.29) is 0 Å². The van der Waals surface area contributed by atoms with E-state index in [0.717, 1.165) is 16.6 Å². The SMILES string of the molecule is CC(C)N(Cc1ccccc1)c1nc(Cl)c(CCl)s1. The van der Waals surface area contributed by atoms with Gasteiger partial charge in [-0.2, -0.15) is 0 Å². The Balaban J connectivity index is 2.24. The second-order valence-corrected chi connectivity index (χ2v) is 6.24. The van der Waals surface area contributed by atoms with Crippen molar-refractivity contribution in [1.29, 1.82) is 0 Å². The molecular weight excluding hydrogens is 299 g/mol. The van der Waals surface area contributed by atoms with Crippen molar-refractivity contribution in [3.8, 4) is 0 Å². The molecule has 0 aliphatic carbocycles. The third kappa shape index (κ3) is 3.62. The Labute approximate surface area is 128 Å². The number of hydrogen-bond donors (Lipinski definition) is 0. The lowest BCUT2D eigenvalue weighted by molar-refractivity contribution is 0.680. The standard InChI is InChI=1S/C14H16Cl2N2S/c1-10(2)18(9-11-6-4-3-5-7-11)14-17-13(16)12(8-15)19-14/h3-7,10H,8-9H2,1-2H3. The van der Waals surface area contributed by atoms with E-state index >= 15 is 0 Å². The monoisotopic (exact) mass is 314 g/mol. The van der Waals surface area contributed by atoms with Crippen molar-refractivity contribution in [3.05, 3.63) is 45.9 Å². The maximum Gasteiger partial charge on any atom is 0.187 e. The molecule has 19 heavy (non-hydrogen) atoms. The summed E-state index contributed by atoms with van der Waals surface area (Å²) in [7, 11) is 0. The minimum atomic E-state index is 0.352. The van der Waals surface area contributed by atoms with Gasteiger partial charge < -0.3 is 4.90 Å². The van der Waals surface area contributed by atoms with Crippen LogP contribution in [-0.4, -0.2) is 11.0 Å². The summed E-state index contributed by atoms with van der Waals surface area (Å²) in [5.74, 6) is 0.410. The maximum absolute atomic E-state index is 6.09. The summed E-state index contributed by atoms with van der Waals surface area (Å²) in [5.41, 5.74) is 1.26. The molecule has 0 amide bonds. The van der Waals surface area contributed by atoms with Gasteiger partial charge in [0.05, 0.1) is 10.8 Å². The fourth-order valence-electron chi connectivity index (χ4n) is 1.78. The molecular formula is C14H16Cl2N2S. The summed E-state index contributed by atoms with van der Waals surface area (Å²) in [5, 5.41) is 1.45. The van der Waals surface area contributed by atoms with Crippen molar-refractivity contribution < 1.29 is 0 Å². The topological polar surface area (TPSA) is 16.1 Å². The van der Waals surface area contributed by atoms with Crippen molar-refractivity contribution in [3.63, 3.8) is 0 Å². The summed E-state index contributed by atoms with van der Waals surface area (Å²) < 4.78 is 0. The van der Waals surface area contributed by atoms with Gasteiger partial charge in [-0.15, -0.1) is 11.6 Å². The van der Waals surface area contributed by atoms with Gasteiger partial charge in [-0.25, -0.2) is 4.98 Å². The molecule has 102 valence electrons. The van der Waals surface area contributed by atoms with E-state index < -0.39 is 0 Å². The van der Waals surface area contributed by atoms with Crippen LogP contribution in [0.1, 0.15) is 24.3 Å². The van der Waals surface area contributed by atoms with Crippen LogP contribution in [0.25, 0.3) is 0 Å². The van der Waals surface area contributed by atoms with E-state index in [1.807, 2.05) is 18.2 Å². The summed E-state index contributed by atoms with van der Waals surface area (Å²) in [6, 6.07) is 10.7. The Kier molecular flexibility index (Phi) is 5.08. The van der Waals surface area contributed by atoms with Crippen LogP contribution in [0.2, 0.25) is 5.15 Å². The molecule has 2 rings (SSSR count). The van der Waals surface area contributed by atoms with Crippen molar-refractivity contribution in [1.82, 2.24) is 4.98 Å². The Morgan fingerprint density at radius 1 is 1.26 bits per heavy atom. The summed E-state index contributed by atoms with van der Waals surface area (Å²) in [4.78, 5) is 7.59. The van der Waals surface area contributed by atoms with Crippen LogP contribution in [0.15, 0.2) is 30.3 Å². The molecule has 0 bridgehead atoms. The number of alkyl halides is 1. The Bertz CT molecular complexity index is 525. The molecule has 0 fully saturated rings. The van der Waals surface area contributed by atoms with Crippen LogP contribution in [0.5, 0.6) is 0 Å². The predicted molar refractivity (Wildman–Crippen MR) is 84.4 cm³/mol. The third-order valence-electron chi connectivity index (χ3n) is 2.82. The molecule has 0 saturated carbocycles. The van der Waals surface area contributed by atoms with Gasteiger partial charge in [0.15, 0.2) is 5.13 Å². The molecule has 1 aromatic carbocycles. The summed E-state index contributed by atoms with van der Waals surface area (Å²) >= 11 is 13.5. The Hall–Kier alpha value is -0.770. The number of benzene rings is 1. The zero-order valence-corrected chi connectivity index (χ0v) is 13.3. The molecule has 1 aromatic heterocycles. The second kappa shape index (κ2) is 6.60. The lowest BCUT2D eigenvalue weighted by Gasteiger charge is -2.26. The van der Waals surface area contributed by atoms with Crippen molar-refractivity contribution in [2.24, 2.45) is 0 Å². The number of hydrogen-bond acceptors (Lipinski definition) is 3. The molecule has 0 atom stereocenters. The lowest BCUT2D eigenvalue weighted by atomic mass is 10.2. The molecule has 0 radical (unpaired) electrons. The highest BCUT2D eigenvalue weighted by atomic mass is 35.5. The first-order chi connectivity index (χ1) is 9.11. The van der Waals surface area contributed by atoms with Crippen molar-refractivity contribution in [2.45, 2.75) is 32.3 Å². The fraction of sp³-hybridized carbons (Fsp3) is 0.357. The highest BCUT2D eigenvalue weighted by Gasteiger charge is 2.17. The number of nitrogens with zero attached hydrogens (tertiary/aromatic N) is 2. The molecule has 0 N–H and O–H groups in total. The van der Waals surface area contributed by atoms with Crippen molar-refractivity contribution >= 4 is 39.7 Å². The lowest BCUT2D eigenvalue weighted by Crippen LogP contribution is -2.29. The largest absolute Gasteiger partial charge is 0.341 e. The first-order valence-corrected chi connectivity index (χ1v) is 7.86. The molecule has 5 heteroatoms. The van der Waals surface area contributed by atoms with Crippen LogP contribution in [0, 0.1) is 0 Å². The van der Waals surface area contributed by atoms with Crippen LogP contribution in [0.4, 0.5) is 5.13 Å². The maximum atomic E-state index is 6.09. The van der Waals surface area contributed by atoms with E-state index in [2.05, 4.69) is 35.9 Å². The highest BCUT2D eigenvalue weighted by Crippen LogP contribution is 2.32. The molecule has 1 heterocycles. The van der Waals surface area contributed by atoms with Gasteiger partial charge in [0.1, 0.15) is 5.15 Å². The van der Waals surface area contributed by atoms with E-state index in [9.17, 15) is 0 Å². The number of anilines is 1. The van der Waals surface area contributed by atoms with E-state index in [0.29, 0.717) is 17.1 Å². The van der Waals surface area contributed by atoms with Crippen LogP contribution in [0.3, 0.4) is 0 Å². The highest BCUT2D eigenvalue weighted by molar-refractivity contribution is 7.16. The first-order valence-electron chi connectivity index (χ1n) is 6.13. The van der Waals surface area contributed by atoms with E-state index in [1.54, 1.807) is 11.3 Å². The number of rotatable bonds is 5. The average Bonchev–Trinajstić information content (AvgIpc) is 2.77. The van der Waals surface area contributed by atoms with Gasteiger partial charge in [-0.05, 0) is 19.4 Å². The zero-order valence-electron chi connectivity index (χ0n) is 10.9. The fourth-order valence-corrected chi connectivity index (χ4v) is 3.38. The van der Waals surface area contributed by atoms with E-state index in [4.69, 9.17) is 23.2 Å². The first kappa shape index (κ1) is 14.6. The minimum absolute atomic E-state index is 0.352. The van der Waals surface area contributed by atoms with Gasteiger partial charge >= 0.3 is 0 Å². The van der Waals surface area contributed by atoms with Crippen LogP contribution < -0.4 is 4.90 Å². The van der Waals surface area contributed by atoms with Gasteiger partial charge in [0.25, 0.3) is 0 Å². The molecule has 0 aliphatic heterocycles. The van der Waals surface area contributed by atoms with Crippen LogP contribution in [-0.2, 0) is 12.4 Å². The molecule has 0 saturated heterocycles. The molecule has 2 aromatic rings. The summed E-state index contributed by atoms with van der Waals surface area (Å²) in [6.45, 7) is 5.13. The van der Waals surface area contributed by atoms with Crippen LogP contribution >= 0.6 is 34.5 Å². The average molecular weight is 315 g/mol. The number of halogens is 2. The normalized spacial score (nSPS) is 11.0. The summed E-state index contributed by atoms with van der Waals surface area (Å²) in [6.07, 6.45) is 0. The van der Waals surface area contributed by atoms with Crippen molar-refractivity contribution in [2.75, 3.05) is 4.90 Å². The smallest absolute Gasteiger partial charge is 0.187 e. The second-order valence-electron chi connectivity index (χ2n) is 4.55. The van der Waals surface area contributed by atoms with E-state index in [1.165, 1.54) is 5.56 Å². The molecule has 0 aliphatic rings. The van der Waals surface area contributed by atoms with Gasteiger partial charge in [-0.3, -0.25) is 0 Å². The quantitative estimate of drug-likeness (QED) is 0.726. The Morgan fingerprint density at radius 3 is 2.47 bits per heavy atom. The predicted octanol–water partition coefficient (Wildman–Crippen LogP) is 4.95. The Morgan fingerprint density at radius 2 is 1.95 bits per heavy atom. The minimum Gasteiger partial charge on any atom is -0.341 e. The van der Waals surface area contributed by atoms with Gasteiger partial charge in [0, 0.05) is 12.6 Å². The zero-order chi connectivity index (χ0) is 13.8. The molecule has 2 nitrogen and oxygen atoms in total. The number of thiazole rings is 1. The van der Waals surface area contributed by atoms with Gasteiger partial charge in [-0.1, -0.05) is 53.3 Å². The van der Waals surface area contributed by atoms with Gasteiger partial charge in [0.2, 0.25) is 0 Å². The number of aromatic nitrogens is 1. The third-order valence-corrected chi connectivity index (χ3v) is 4.77.